The zero-order chi connectivity index (χ0) is 23.9. The minimum Gasteiger partial charge on any atom is -0.481 e. The summed E-state index contributed by atoms with van der Waals surface area (Å²) in [5.41, 5.74) is 3.68. The van der Waals surface area contributed by atoms with E-state index in [0.29, 0.717) is 41.9 Å². The monoisotopic (exact) mass is 480 g/mol. The number of aliphatic carboxylic acids is 1. The van der Waals surface area contributed by atoms with Gasteiger partial charge in [-0.2, -0.15) is 0 Å². The summed E-state index contributed by atoms with van der Waals surface area (Å²) in [5.74, 6) is 0.104. The third-order valence-corrected chi connectivity index (χ3v) is 6.80. The van der Waals surface area contributed by atoms with Gasteiger partial charge in [-0.25, -0.2) is 4.98 Å². The van der Waals surface area contributed by atoms with Crippen LogP contribution < -0.4 is 5.32 Å². The lowest BCUT2D eigenvalue weighted by atomic mass is 9.87. The zero-order valence-corrected chi connectivity index (χ0v) is 19.8. The van der Waals surface area contributed by atoms with E-state index in [1.807, 2.05) is 42.5 Å². The Balaban J connectivity index is 1.35. The van der Waals surface area contributed by atoms with Crippen LogP contribution in [0.15, 0.2) is 59.2 Å². The van der Waals surface area contributed by atoms with E-state index >= 15 is 0 Å². The fraction of sp³-hybridized carbons (Fsp3) is 0.370. The number of carboxylic acids is 1. The Morgan fingerprint density at radius 2 is 1.82 bits per heavy atom. The van der Waals surface area contributed by atoms with Gasteiger partial charge >= 0.3 is 5.97 Å². The Morgan fingerprint density at radius 1 is 1.06 bits per heavy atom. The third-order valence-electron chi connectivity index (χ3n) is 6.55. The Kier molecular flexibility index (Phi) is 8.01. The molecule has 1 fully saturated rings. The minimum absolute atomic E-state index is 0.126. The van der Waals surface area contributed by atoms with Crippen molar-refractivity contribution in [1.82, 2.24) is 10.3 Å². The summed E-state index contributed by atoms with van der Waals surface area (Å²) in [6.07, 6.45) is 6.78. The van der Waals surface area contributed by atoms with E-state index in [1.165, 1.54) is 11.8 Å². The normalized spacial score (nSPS) is 17.6. The van der Waals surface area contributed by atoms with Crippen LogP contribution in [0.4, 0.5) is 0 Å². The van der Waals surface area contributed by atoms with E-state index in [4.69, 9.17) is 21.1 Å². The summed E-state index contributed by atoms with van der Waals surface area (Å²) in [5, 5.41) is 12.6. The molecule has 1 aromatic heterocycles. The summed E-state index contributed by atoms with van der Waals surface area (Å²) >= 11 is 5.91. The maximum atomic E-state index is 12.6. The molecule has 3 aromatic rings. The summed E-state index contributed by atoms with van der Waals surface area (Å²) in [7, 11) is 0. The van der Waals surface area contributed by atoms with Crippen LogP contribution in [0.2, 0.25) is 5.02 Å². The number of halogens is 1. The first-order chi connectivity index (χ1) is 16.5. The molecule has 0 aliphatic heterocycles. The number of carbonyl (C=O) groups excluding carboxylic acids is 1. The quantitative estimate of drug-likeness (QED) is 0.403. The molecule has 0 bridgehead atoms. The van der Waals surface area contributed by atoms with Crippen LogP contribution in [0.3, 0.4) is 0 Å². The predicted molar refractivity (Wildman–Crippen MR) is 130 cm³/mol. The number of rotatable bonds is 10. The number of aryl methyl sites for hydroxylation is 1. The largest absolute Gasteiger partial charge is 0.481 e. The first-order valence-electron chi connectivity index (χ1n) is 11.8. The van der Waals surface area contributed by atoms with E-state index in [2.05, 4.69) is 16.4 Å². The van der Waals surface area contributed by atoms with Gasteiger partial charge in [0.1, 0.15) is 6.26 Å². The second kappa shape index (κ2) is 11.3. The number of carbonyl (C=O) groups is 2. The summed E-state index contributed by atoms with van der Waals surface area (Å²) in [4.78, 5) is 28.1. The number of carboxylic acid groups (broad SMARTS) is 1. The van der Waals surface area contributed by atoms with Crippen molar-refractivity contribution in [2.24, 2.45) is 5.92 Å². The lowest BCUT2D eigenvalue weighted by Gasteiger charge is -2.18. The molecule has 2 atom stereocenters. The molecular weight excluding hydrogens is 452 g/mol. The van der Waals surface area contributed by atoms with Gasteiger partial charge in [-0.1, -0.05) is 54.4 Å². The van der Waals surface area contributed by atoms with Crippen molar-refractivity contribution in [3.8, 4) is 0 Å². The number of hydrogen-bond acceptors (Lipinski definition) is 4. The van der Waals surface area contributed by atoms with E-state index in [1.54, 1.807) is 0 Å². The van der Waals surface area contributed by atoms with E-state index < -0.39 is 5.97 Å². The van der Waals surface area contributed by atoms with Crippen molar-refractivity contribution in [2.75, 3.05) is 6.54 Å². The summed E-state index contributed by atoms with van der Waals surface area (Å²) in [6, 6.07) is 15.6. The molecule has 2 N–H and O–H groups in total. The molecule has 7 heteroatoms. The molecular formula is C27H29ClN2O4. The van der Waals surface area contributed by atoms with Crippen LogP contribution in [-0.4, -0.2) is 28.5 Å². The predicted octanol–water partition coefficient (Wildman–Crippen LogP) is 5.44. The van der Waals surface area contributed by atoms with Crippen LogP contribution >= 0.6 is 11.6 Å². The van der Waals surface area contributed by atoms with Gasteiger partial charge in [0.2, 0.25) is 0 Å². The molecule has 0 radical (unpaired) electrons. The Bertz CT molecular complexity index is 1130. The molecule has 1 amide bonds. The van der Waals surface area contributed by atoms with Crippen LogP contribution in [-0.2, 0) is 24.1 Å². The van der Waals surface area contributed by atoms with Crippen molar-refractivity contribution < 1.29 is 19.1 Å². The highest BCUT2D eigenvalue weighted by Crippen LogP contribution is 2.41. The first kappa shape index (κ1) is 24.0. The second-order valence-corrected chi connectivity index (χ2v) is 9.30. The average molecular weight is 481 g/mol. The van der Waals surface area contributed by atoms with Crippen LogP contribution in [0.25, 0.3) is 0 Å². The van der Waals surface area contributed by atoms with Crippen molar-refractivity contribution in [3.05, 3.63) is 88.1 Å². The van der Waals surface area contributed by atoms with Crippen LogP contribution in [0, 0.1) is 5.92 Å². The minimum atomic E-state index is -0.785. The second-order valence-electron chi connectivity index (χ2n) is 8.87. The number of oxazole rings is 1. The number of nitrogens with one attached hydrogen (secondary N) is 1. The van der Waals surface area contributed by atoms with Gasteiger partial charge in [-0.05, 0) is 66.8 Å². The number of benzene rings is 2. The number of hydrogen-bond donors (Lipinski definition) is 2. The maximum absolute atomic E-state index is 12.6. The molecule has 0 saturated heterocycles. The third kappa shape index (κ3) is 6.26. The fourth-order valence-electron chi connectivity index (χ4n) is 4.76. The Morgan fingerprint density at radius 3 is 2.59 bits per heavy atom. The first-order valence-corrected chi connectivity index (χ1v) is 12.1. The molecule has 2 aromatic carbocycles. The SMILES string of the molecule is O=C(O)CCc1ccccc1C[C@@H]1CCC[C@H]1c1nc(C(=O)NCCc2ccc(Cl)cc2)co1. The lowest BCUT2D eigenvalue weighted by Crippen LogP contribution is -2.26. The number of aromatic nitrogens is 1. The standard InChI is InChI=1S/C27H29ClN2O4/c28-22-11-8-18(9-12-22)14-15-29-26(33)24-17-34-27(30-24)23-7-3-6-21(23)16-20-5-2-1-4-19(20)10-13-25(31)32/h1-2,4-5,8-9,11-12,17,21,23H,3,6-7,10,13-16H2,(H,29,33)(H,31,32)/t21-,23+/m0/s1. The van der Waals surface area contributed by atoms with Gasteiger partial charge in [-0.15, -0.1) is 0 Å². The topological polar surface area (TPSA) is 92.4 Å². The van der Waals surface area contributed by atoms with Gasteiger partial charge in [0, 0.05) is 23.9 Å². The Hall–Kier alpha value is -3.12. The van der Waals surface area contributed by atoms with Gasteiger partial charge in [0.15, 0.2) is 11.6 Å². The zero-order valence-electron chi connectivity index (χ0n) is 19.0. The maximum Gasteiger partial charge on any atom is 0.303 e. The molecule has 178 valence electrons. The van der Waals surface area contributed by atoms with Gasteiger partial charge in [0.25, 0.3) is 5.91 Å². The van der Waals surface area contributed by atoms with Crippen molar-refractivity contribution in [3.63, 3.8) is 0 Å². The van der Waals surface area contributed by atoms with Crippen LogP contribution in [0.1, 0.15) is 64.7 Å². The number of amides is 1. The molecule has 1 saturated carbocycles. The Labute approximate surface area is 204 Å². The average Bonchev–Trinajstić information content (AvgIpc) is 3.49. The lowest BCUT2D eigenvalue weighted by molar-refractivity contribution is -0.136. The molecule has 4 rings (SSSR count). The summed E-state index contributed by atoms with van der Waals surface area (Å²) in [6.45, 7) is 0.502. The highest BCUT2D eigenvalue weighted by atomic mass is 35.5. The van der Waals surface area contributed by atoms with Crippen molar-refractivity contribution in [1.29, 1.82) is 0 Å². The van der Waals surface area contributed by atoms with E-state index in [-0.39, 0.29) is 18.2 Å². The van der Waals surface area contributed by atoms with Crippen molar-refractivity contribution in [2.45, 2.75) is 50.9 Å². The molecule has 1 aliphatic rings. The molecule has 1 aliphatic carbocycles. The fourth-order valence-corrected chi connectivity index (χ4v) is 4.88. The van der Waals surface area contributed by atoms with Gasteiger partial charge in [0.05, 0.1) is 0 Å². The molecule has 0 spiro atoms. The smallest absolute Gasteiger partial charge is 0.303 e. The molecule has 1 heterocycles. The highest BCUT2D eigenvalue weighted by molar-refractivity contribution is 6.30. The number of nitrogens with zero attached hydrogens (tertiary/aromatic N) is 1. The molecule has 6 nitrogen and oxygen atoms in total. The molecule has 0 unspecified atom stereocenters. The van der Waals surface area contributed by atoms with E-state index in [9.17, 15) is 9.59 Å². The van der Waals surface area contributed by atoms with Gasteiger partial charge < -0.3 is 14.8 Å². The summed E-state index contributed by atoms with van der Waals surface area (Å²) < 4.78 is 5.76. The van der Waals surface area contributed by atoms with Crippen LogP contribution in [0.5, 0.6) is 0 Å². The highest BCUT2D eigenvalue weighted by Gasteiger charge is 2.33. The van der Waals surface area contributed by atoms with Crippen molar-refractivity contribution >= 4 is 23.5 Å². The van der Waals surface area contributed by atoms with E-state index in [0.717, 1.165) is 36.8 Å². The van der Waals surface area contributed by atoms with Gasteiger partial charge in [-0.3, -0.25) is 9.59 Å². The molecule has 34 heavy (non-hydrogen) atoms.